The maximum absolute atomic E-state index is 14.9. The minimum absolute atomic E-state index is 0.136. The van der Waals surface area contributed by atoms with Gasteiger partial charge in [-0.1, -0.05) is 12.2 Å². The molecule has 0 amide bonds. The van der Waals surface area contributed by atoms with Crippen molar-refractivity contribution in [3.63, 3.8) is 0 Å². The molecule has 1 N–H and O–H groups in total. The highest BCUT2D eigenvalue weighted by Gasteiger charge is 2.24. The van der Waals surface area contributed by atoms with Crippen LogP contribution in [-0.2, 0) is 4.74 Å². The zero-order valence-electron chi connectivity index (χ0n) is 17.9. The number of hydrogen-bond donors (Lipinski definition) is 1. The largest absolute Gasteiger partial charge is 0.377 e. The van der Waals surface area contributed by atoms with Gasteiger partial charge in [0.25, 0.3) is 0 Å². The number of halogens is 1. The van der Waals surface area contributed by atoms with Gasteiger partial charge in [0.1, 0.15) is 17.0 Å². The summed E-state index contributed by atoms with van der Waals surface area (Å²) >= 11 is 0. The van der Waals surface area contributed by atoms with Crippen LogP contribution in [-0.4, -0.2) is 52.7 Å². The standard InChI is InChI=1S/C23H25FN6O/c1-5-6-16(23(24)25-4)17-11-19(30-9-10-31-13-15(30)3)28-22-20(17)14(2)12-26-21(22)18-7-8-27-29-18/h5-8,11-12,15H,4,9-10,13H2,1-3H3,(H,27,29)/b6-5-,23-16+/t15-/m1/s1. The molecule has 0 bridgehead atoms. The zero-order valence-corrected chi connectivity index (χ0v) is 17.9. The summed E-state index contributed by atoms with van der Waals surface area (Å²) in [6.07, 6.45) is 6.94. The Morgan fingerprint density at radius 2 is 2.29 bits per heavy atom. The fourth-order valence-corrected chi connectivity index (χ4v) is 3.92. The SMILES string of the molecule is C=N/C(F)=C(\C=C/C)c1cc(N2CCOC[C@H]2C)nc2c(-c3ccn[nH]3)ncc(C)c12. The zero-order chi connectivity index (χ0) is 22.0. The van der Waals surface area contributed by atoms with Crippen LogP contribution in [0.4, 0.5) is 10.2 Å². The average Bonchev–Trinajstić information content (AvgIpc) is 3.31. The summed E-state index contributed by atoms with van der Waals surface area (Å²) in [6, 6.07) is 3.90. The number of aromatic amines is 1. The van der Waals surface area contributed by atoms with Gasteiger partial charge in [-0.15, -0.1) is 0 Å². The van der Waals surface area contributed by atoms with Gasteiger partial charge in [-0.05, 0) is 50.7 Å². The number of nitrogens with one attached hydrogen (secondary N) is 1. The molecule has 1 aliphatic heterocycles. The number of ether oxygens (including phenoxy) is 1. The maximum Gasteiger partial charge on any atom is 0.220 e. The van der Waals surface area contributed by atoms with Crippen molar-refractivity contribution in [3.05, 3.63) is 53.8 Å². The first-order valence-electron chi connectivity index (χ1n) is 10.2. The fraction of sp³-hybridized carbons (Fsp3) is 0.304. The molecule has 7 nitrogen and oxygen atoms in total. The van der Waals surface area contributed by atoms with E-state index in [9.17, 15) is 4.39 Å². The van der Waals surface area contributed by atoms with E-state index >= 15 is 0 Å². The minimum atomic E-state index is -0.633. The van der Waals surface area contributed by atoms with Crippen LogP contribution in [0.2, 0.25) is 0 Å². The Morgan fingerprint density at radius 1 is 1.45 bits per heavy atom. The van der Waals surface area contributed by atoms with Gasteiger partial charge in [0.05, 0.1) is 24.9 Å². The van der Waals surface area contributed by atoms with Crippen LogP contribution in [0.25, 0.3) is 27.9 Å². The Kier molecular flexibility index (Phi) is 5.90. The number of pyridine rings is 2. The molecule has 3 aromatic rings. The Hall–Kier alpha value is -3.39. The summed E-state index contributed by atoms with van der Waals surface area (Å²) < 4.78 is 20.5. The summed E-state index contributed by atoms with van der Waals surface area (Å²) in [4.78, 5) is 15.4. The third-order valence-electron chi connectivity index (χ3n) is 5.41. The van der Waals surface area contributed by atoms with Crippen LogP contribution in [0.5, 0.6) is 0 Å². The minimum Gasteiger partial charge on any atom is -0.377 e. The summed E-state index contributed by atoms with van der Waals surface area (Å²) in [5.74, 6) is 0.108. The number of fused-ring (bicyclic) bond motifs is 1. The van der Waals surface area contributed by atoms with E-state index in [1.807, 2.05) is 26.0 Å². The van der Waals surface area contributed by atoms with Gasteiger partial charge in [-0.25, -0.2) is 9.98 Å². The number of allylic oxidation sites excluding steroid dienone is 3. The fourth-order valence-electron chi connectivity index (χ4n) is 3.92. The molecule has 0 aliphatic carbocycles. The second kappa shape index (κ2) is 8.77. The van der Waals surface area contributed by atoms with Gasteiger partial charge < -0.3 is 9.64 Å². The molecular weight excluding hydrogens is 395 g/mol. The van der Waals surface area contributed by atoms with Crippen molar-refractivity contribution in [1.82, 2.24) is 20.2 Å². The van der Waals surface area contributed by atoms with E-state index in [-0.39, 0.29) is 6.04 Å². The van der Waals surface area contributed by atoms with Gasteiger partial charge in [0, 0.05) is 29.9 Å². The second-order valence-corrected chi connectivity index (χ2v) is 7.49. The molecule has 0 aromatic carbocycles. The molecule has 4 rings (SSSR count). The van der Waals surface area contributed by atoms with Crippen molar-refractivity contribution >= 4 is 29.0 Å². The summed E-state index contributed by atoms with van der Waals surface area (Å²) in [7, 11) is 0. The molecule has 0 spiro atoms. The number of hydrogen-bond acceptors (Lipinski definition) is 6. The van der Waals surface area contributed by atoms with E-state index in [1.54, 1.807) is 24.5 Å². The van der Waals surface area contributed by atoms with Gasteiger partial charge in [0.2, 0.25) is 5.95 Å². The Morgan fingerprint density at radius 3 is 2.97 bits per heavy atom. The first-order chi connectivity index (χ1) is 15.0. The van der Waals surface area contributed by atoms with Crippen molar-refractivity contribution in [2.75, 3.05) is 24.7 Å². The maximum atomic E-state index is 14.9. The number of nitrogens with zero attached hydrogens (tertiary/aromatic N) is 5. The van der Waals surface area contributed by atoms with Gasteiger partial charge in [-0.3, -0.25) is 10.1 Å². The lowest BCUT2D eigenvalue weighted by atomic mass is 9.97. The quantitative estimate of drug-likeness (QED) is 0.374. The average molecular weight is 420 g/mol. The van der Waals surface area contributed by atoms with Gasteiger partial charge >= 0.3 is 0 Å². The van der Waals surface area contributed by atoms with E-state index in [2.05, 4.69) is 38.7 Å². The summed E-state index contributed by atoms with van der Waals surface area (Å²) in [5, 5.41) is 7.84. The molecule has 0 radical (unpaired) electrons. The van der Waals surface area contributed by atoms with Crippen LogP contribution in [0.3, 0.4) is 0 Å². The predicted octanol–water partition coefficient (Wildman–Crippen LogP) is 4.47. The lowest BCUT2D eigenvalue weighted by Crippen LogP contribution is -2.44. The van der Waals surface area contributed by atoms with E-state index < -0.39 is 5.95 Å². The van der Waals surface area contributed by atoms with Crippen LogP contribution in [0, 0.1) is 6.92 Å². The lowest BCUT2D eigenvalue weighted by Gasteiger charge is -2.34. The highest BCUT2D eigenvalue weighted by Crippen LogP contribution is 2.37. The van der Waals surface area contributed by atoms with Crippen LogP contribution < -0.4 is 4.90 Å². The third-order valence-corrected chi connectivity index (χ3v) is 5.41. The Balaban J connectivity index is 2.09. The molecule has 1 aliphatic rings. The van der Waals surface area contributed by atoms with E-state index in [0.29, 0.717) is 42.1 Å². The molecule has 4 heterocycles. The molecule has 3 aromatic heterocycles. The van der Waals surface area contributed by atoms with Crippen LogP contribution in [0.1, 0.15) is 25.0 Å². The number of morpholine rings is 1. The lowest BCUT2D eigenvalue weighted by molar-refractivity contribution is 0.0985. The predicted molar refractivity (Wildman–Crippen MR) is 122 cm³/mol. The monoisotopic (exact) mass is 420 g/mol. The van der Waals surface area contributed by atoms with Crippen molar-refractivity contribution in [1.29, 1.82) is 0 Å². The summed E-state index contributed by atoms with van der Waals surface area (Å²) in [5.41, 5.74) is 4.03. The smallest absolute Gasteiger partial charge is 0.220 e. The molecule has 1 saturated heterocycles. The number of aryl methyl sites for hydroxylation is 1. The number of anilines is 1. The van der Waals surface area contributed by atoms with Crippen molar-refractivity contribution in [3.8, 4) is 11.4 Å². The van der Waals surface area contributed by atoms with Gasteiger partial charge in [0.15, 0.2) is 0 Å². The Labute approximate surface area is 180 Å². The molecule has 1 atom stereocenters. The van der Waals surface area contributed by atoms with E-state index in [4.69, 9.17) is 9.72 Å². The molecule has 8 heteroatoms. The number of H-pyrrole nitrogens is 1. The second-order valence-electron chi connectivity index (χ2n) is 7.49. The van der Waals surface area contributed by atoms with Crippen LogP contribution >= 0.6 is 0 Å². The third kappa shape index (κ3) is 3.86. The van der Waals surface area contributed by atoms with E-state index in [0.717, 1.165) is 22.5 Å². The molecule has 1 fully saturated rings. The topological polar surface area (TPSA) is 79.3 Å². The molecule has 160 valence electrons. The Bertz CT molecular complexity index is 1170. The molecule has 0 unspecified atom stereocenters. The van der Waals surface area contributed by atoms with Crippen molar-refractivity contribution in [2.45, 2.75) is 26.8 Å². The molecule has 31 heavy (non-hydrogen) atoms. The number of rotatable bonds is 5. The molecule has 0 saturated carbocycles. The van der Waals surface area contributed by atoms with Crippen molar-refractivity contribution in [2.24, 2.45) is 4.99 Å². The highest BCUT2D eigenvalue weighted by atomic mass is 19.1. The molecular formula is C23H25FN6O. The normalized spacial score (nSPS) is 17.9. The van der Waals surface area contributed by atoms with E-state index in [1.165, 1.54) is 0 Å². The van der Waals surface area contributed by atoms with Crippen molar-refractivity contribution < 1.29 is 9.13 Å². The summed E-state index contributed by atoms with van der Waals surface area (Å²) in [6.45, 7) is 11.2. The first kappa shape index (κ1) is 20.9. The number of aromatic nitrogens is 4. The van der Waals surface area contributed by atoms with Gasteiger partial charge in [-0.2, -0.15) is 9.49 Å². The number of aliphatic imine (C=N–C) groups is 1. The first-order valence-corrected chi connectivity index (χ1v) is 10.2. The van der Waals surface area contributed by atoms with Crippen LogP contribution in [0.15, 0.2) is 47.6 Å². The highest BCUT2D eigenvalue weighted by molar-refractivity contribution is 6.02.